The van der Waals surface area contributed by atoms with Crippen LogP contribution >= 0.6 is 24.8 Å². The van der Waals surface area contributed by atoms with Crippen LogP contribution in [0.4, 0.5) is 0 Å². The minimum atomic E-state index is -0.0114. The Balaban J connectivity index is 0.00000120. The molecule has 0 bridgehead atoms. The van der Waals surface area contributed by atoms with Gasteiger partial charge in [-0.1, -0.05) is 6.07 Å². The Kier molecular flexibility index (Phi) is 5.88. The van der Waals surface area contributed by atoms with Crippen molar-refractivity contribution in [1.82, 2.24) is 33.8 Å². The van der Waals surface area contributed by atoms with Gasteiger partial charge in [-0.25, -0.2) is 9.78 Å². The van der Waals surface area contributed by atoms with Crippen molar-refractivity contribution in [2.75, 3.05) is 6.54 Å². The summed E-state index contributed by atoms with van der Waals surface area (Å²) in [5, 5.41) is 8.08. The van der Waals surface area contributed by atoms with Crippen LogP contribution in [0.1, 0.15) is 11.3 Å². The number of halogens is 2. The van der Waals surface area contributed by atoms with E-state index in [-0.39, 0.29) is 30.5 Å². The van der Waals surface area contributed by atoms with E-state index in [4.69, 9.17) is 5.10 Å². The predicted molar refractivity (Wildman–Crippen MR) is 117 cm³/mol. The lowest BCUT2D eigenvalue weighted by atomic mass is 10.2. The van der Waals surface area contributed by atoms with Crippen molar-refractivity contribution in [1.29, 1.82) is 0 Å². The fourth-order valence-corrected chi connectivity index (χ4v) is 3.82. The van der Waals surface area contributed by atoms with Crippen molar-refractivity contribution in [3.63, 3.8) is 0 Å². The van der Waals surface area contributed by atoms with E-state index in [1.54, 1.807) is 23.2 Å². The highest BCUT2D eigenvalue weighted by atomic mass is 35.5. The number of nitrogens with one attached hydrogen (secondary N) is 1. The summed E-state index contributed by atoms with van der Waals surface area (Å²) in [5.74, 6) is 0.860. The summed E-state index contributed by atoms with van der Waals surface area (Å²) in [6, 6.07) is 8.25. The van der Waals surface area contributed by atoms with E-state index in [0.29, 0.717) is 6.54 Å². The number of fused-ring (bicyclic) bond motifs is 2. The van der Waals surface area contributed by atoms with Gasteiger partial charge in [0.25, 0.3) is 0 Å². The highest BCUT2D eigenvalue weighted by molar-refractivity contribution is 5.85. The molecule has 29 heavy (non-hydrogen) atoms. The molecular formula is C19H23Cl2N7O. The predicted octanol–water partition coefficient (Wildman–Crippen LogP) is 1.93. The summed E-state index contributed by atoms with van der Waals surface area (Å²) in [6.45, 7) is 3.34. The molecule has 0 saturated carbocycles. The van der Waals surface area contributed by atoms with Crippen LogP contribution in [-0.2, 0) is 33.7 Å². The van der Waals surface area contributed by atoms with Crippen molar-refractivity contribution >= 4 is 35.8 Å². The summed E-state index contributed by atoms with van der Waals surface area (Å²) in [5.41, 5.74) is 5.06. The molecule has 0 atom stereocenters. The summed E-state index contributed by atoms with van der Waals surface area (Å²) < 4.78 is 7.51. The third-order valence-corrected chi connectivity index (χ3v) is 5.30. The summed E-state index contributed by atoms with van der Waals surface area (Å²) in [7, 11) is 3.61. The molecule has 5 rings (SSSR count). The first-order valence-electron chi connectivity index (χ1n) is 9.05. The highest BCUT2D eigenvalue weighted by Crippen LogP contribution is 2.21. The molecule has 1 N–H and O–H groups in total. The molecule has 0 unspecified atom stereocenters. The van der Waals surface area contributed by atoms with E-state index in [0.717, 1.165) is 47.7 Å². The Morgan fingerprint density at radius 3 is 2.69 bits per heavy atom. The minimum absolute atomic E-state index is 0. The SMILES string of the molecule is Cl.Cl.Cn1c(=O)n(C)c2cc(Cn3ccnc3-c3cc4n(n3)CCNC4)ccc21. The van der Waals surface area contributed by atoms with E-state index in [1.165, 1.54) is 5.69 Å². The van der Waals surface area contributed by atoms with Gasteiger partial charge in [0.1, 0.15) is 5.69 Å². The second-order valence-electron chi connectivity index (χ2n) is 7.02. The molecule has 4 aromatic rings. The first-order chi connectivity index (χ1) is 13.1. The molecule has 8 nitrogen and oxygen atoms in total. The van der Waals surface area contributed by atoms with E-state index < -0.39 is 0 Å². The van der Waals surface area contributed by atoms with Crippen LogP contribution < -0.4 is 11.0 Å². The van der Waals surface area contributed by atoms with Gasteiger partial charge in [0.15, 0.2) is 5.82 Å². The number of rotatable bonds is 3. The van der Waals surface area contributed by atoms with Crippen LogP contribution in [0.15, 0.2) is 41.5 Å². The number of benzene rings is 1. The molecule has 4 heterocycles. The zero-order valence-corrected chi connectivity index (χ0v) is 17.8. The lowest BCUT2D eigenvalue weighted by molar-refractivity contribution is 0.476. The molecule has 1 aliphatic rings. The normalized spacial score (nSPS) is 13.0. The van der Waals surface area contributed by atoms with Gasteiger partial charge in [-0.3, -0.25) is 13.8 Å². The van der Waals surface area contributed by atoms with Crippen LogP contribution in [0.2, 0.25) is 0 Å². The molecule has 0 radical (unpaired) electrons. The third kappa shape index (κ3) is 3.48. The third-order valence-electron chi connectivity index (χ3n) is 5.30. The fourth-order valence-electron chi connectivity index (χ4n) is 3.82. The molecule has 154 valence electrons. The molecule has 3 aromatic heterocycles. The van der Waals surface area contributed by atoms with Crippen LogP contribution in [0.25, 0.3) is 22.6 Å². The molecule has 0 saturated heterocycles. The van der Waals surface area contributed by atoms with Gasteiger partial charge in [0.2, 0.25) is 0 Å². The number of hydrogen-bond donors (Lipinski definition) is 1. The van der Waals surface area contributed by atoms with Crippen molar-refractivity contribution < 1.29 is 0 Å². The topological polar surface area (TPSA) is 74.6 Å². The molecule has 0 amide bonds. The molecule has 0 aliphatic carbocycles. The van der Waals surface area contributed by atoms with Gasteiger partial charge < -0.3 is 9.88 Å². The van der Waals surface area contributed by atoms with Crippen molar-refractivity contribution in [3.8, 4) is 11.5 Å². The van der Waals surface area contributed by atoms with Gasteiger partial charge in [-0.15, -0.1) is 24.8 Å². The van der Waals surface area contributed by atoms with Crippen molar-refractivity contribution in [2.24, 2.45) is 14.1 Å². The molecular weight excluding hydrogens is 413 g/mol. The minimum Gasteiger partial charge on any atom is -0.325 e. The molecule has 0 fully saturated rings. The van der Waals surface area contributed by atoms with Crippen molar-refractivity contribution in [2.45, 2.75) is 19.6 Å². The lowest BCUT2D eigenvalue weighted by Gasteiger charge is -2.13. The average Bonchev–Trinajstić information content (AvgIpc) is 3.36. The quantitative estimate of drug-likeness (QED) is 0.533. The standard InChI is InChI=1S/C19H21N7O.2ClH/c1-23-16-4-3-13(9-17(16)24(2)19(23)27)12-25-7-6-21-18(25)15-10-14-11-20-5-8-26(14)22-15;;/h3-4,6-7,9-10,20H,5,8,11-12H2,1-2H3;2*1H. The van der Waals surface area contributed by atoms with Gasteiger partial charge >= 0.3 is 5.69 Å². The Hall–Kier alpha value is -2.55. The first-order valence-corrected chi connectivity index (χ1v) is 9.05. The summed E-state index contributed by atoms with van der Waals surface area (Å²) in [4.78, 5) is 16.7. The van der Waals surface area contributed by atoms with Crippen molar-refractivity contribution in [3.05, 3.63) is 58.4 Å². The largest absolute Gasteiger partial charge is 0.328 e. The van der Waals surface area contributed by atoms with Gasteiger partial charge in [0, 0.05) is 46.1 Å². The maximum atomic E-state index is 12.1. The maximum absolute atomic E-state index is 12.1. The van der Waals surface area contributed by atoms with Gasteiger partial charge in [-0.05, 0) is 23.8 Å². The molecule has 1 aromatic carbocycles. The van der Waals surface area contributed by atoms with Crippen LogP contribution in [-0.4, -0.2) is 35.0 Å². The second kappa shape index (κ2) is 8.06. The average molecular weight is 436 g/mol. The van der Waals surface area contributed by atoms with E-state index in [2.05, 4.69) is 37.7 Å². The number of aromatic nitrogens is 6. The van der Waals surface area contributed by atoms with Crippen LogP contribution in [0.5, 0.6) is 0 Å². The fraction of sp³-hybridized carbons (Fsp3) is 0.316. The van der Waals surface area contributed by atoms with Gasteiger partial charge in [-0.2, -0.15) is 5.10 Å². The Labute approximate surface area is 180 Å². The number of aryl methyl sites for hydroxylation is 2. The Morgan fingerprint density at radius 2 is 1.90 bits per heavy atom. The van der Waals surface area contributed by atoms with E-state index in [1.807, 2.05) is 18.5 Å². The van der Waals surface area contributed by atoms with Crippen LogP contribution in [0, 0.1) is 0 Å². The zero-order valence-electron chi connectivity index (χ0n) is 16.2. The summed E-state index contributed by atoms with van der Waals surface area (Å²) >= 11 is 0. The monoisotopic (exact) mass is 435 g/mol. The van der Waals surface area contributed by atoms with E-state index in [9.17, 15) is 4.79 Å². The molecule has 1 aliphatic heterocycles. The number of nitrogens with zero attached hydrogens (tertiary/aromatic N) is 6. The maximum Gasteiger partial charge on any atom is 0.328 e. The lowest BCUT2D eigenvalue weighted by Crippen LogP contribution is -2.28. The van der Waals surface area contributed by atoms with Gasteiger partial charge in [0.05, 0.1) is 23.3 Å². The Morgan fingerprint density at radius 1 is 1.10 bits per heavy atom. The number of hydrogen-bond acceptors (Lipinski definition) is 4. The zero-order chi connectivity index (χ0) is 18.5. The van der Waals surface area contributed by atoms with E-state index >= 15 is 0 Å². The highest BCUT2D eigenvalue weighted by Gasteiger charge is 2.16. The number of imidazole rings is 2. The summed E-state index contributed by atoms with van der Waals surface area (Å²) in [6.07, 6.45) is 3.78. The molecule has 10 heteroatoms. The smallest absolute Gasteiger partial charge is 0.325 e. The second-order valence-corrected chi connectivity index (χ2v) is 7.02. The van der Waals surface area contributed by atoms with Crippen LogP contribution in [0.3, 0.4) is 0 Å². The first kappa shape index (κ1) is 21.2. The Bertz CT molecular complexity index is 1190. The molecule has 0 spiro atoms.